The fourth-order valence-corrected chi connectivity index (χ4v) is 4.85. The van der Waals surface area contributed by atoms with Crippen LogP contribution in [0.3, 0.4) is 0 Å². The van der Waals surface area contributed by atoms with E-state index >= 15 is 0 Å². The van der Waals surface area contributed by atoms with Gasteiger partial charge in [0.1, 0.15) is 6.54 Å². The molecule has 2 amide bonds. The van der Waals surface area contributed by atoms with Crippen molar-refractivity contribution in [3.8, 4) is 0 Å². The third-order valence-corrected chi connectivity index (χ3v) is 7.08. The summed E-state index contributed by atoms with van der Waals surface area (Å²) in [4.78, 5) is 25.7. The molecule has 0 spiro atoms. The van der Waals surface area contributed by atoms with Gasteiger partial charge >= 0.3 is 0 Å². The monoisotopic (exact) mass is 495 g/mol. The van der Waals surface area contributed by atoms with Crippen molar-refractivity contribution in [2.24, 2.45) is 0 Å². The SMILES string of the molecule is CCc1ccc(N(CC(=O)Nc2ccccc2C(=O)NCCOC)S(=O)(=O)c2ccccc2)cc1. The number of anilines is 2. The maximum atomic E-state index is 13.5. The zero-order valence-corrected chi connectivity index (χ0v) is 20.5. The van der Waals surface area contributed by atoms with Crippen LogP contribution in [0.25, 0.3) is 0 Å². The van der Waals surface area contributed by atoms with Crippen molar-refractivity contribution in [3.05, 3.63) is 90.0 Å². The average Bonchev–Trinajstić information content (AvgIpc) is 2.88. The Kier molecular flexibility index (Phi) is 8.99. The van der Waals surface area contributed by atoms with Gasteiger partial charge in [-0.1, -0.05) is 49.4 Å². The van der Waals surface area contributed by atoms with Crippen LogP contribution in [0.4, 0.5) is 11.4 Å². The minimum atomic E-state index is -4.02. The average molecular weight is 496 g/mol. The molecule has 2 N–H and O–H groups in total. The summed E-state index contributed by atoms with van der Waals surface area (Å²) in [5, 5.41) is 5.41. The summed E-state index contributed by atoms with van der Waals surface area (Å²) < 4.78 is 32.9. The molecule has 0 radical (unpaired) electrons. The fraction of sp³-hybridized carbons (Fsp3) is 0.231. The molecule has 0 fully saturated rings. The van der Waals surface area contributed by atoms with E-state index < -0.39 is 22.5 Å². The normalized spacial score (nSPS) is 11.0. The second-order valence-electron chi connectivity index (χ2n) is 7.69. The highest BCUT2D eigenvalue weighted by Gasteiger charge is 2.27. The van der Waals surface area contributed by atoms with Gasteiger partial charge in [-0.15, -0.1) is 0 Å². The van der Waals surface area contributed by atoms with Gasteiger partial charge in [0.15, 0.2) is 0 Å². The predicted molar refractivity (Wildman–Crippen MR) is 136 cm³/mol. The van der Waals surface area contributed by atoms with E-state index in [-0.39, 0.29) is 22.1 Å². The summed E-state index contributed by atoms with van der Waals surface area (Å²) in [6.45, 7) is 2.20. The van der Waals surface area contributed by atoms with Crippen molar-refractivity contribution in [1.82, 2.24) is 5.32 Å². The lowest BCUT2D eigenvalue weighted by Gasteiger charge is -2.24. The van der Waals surface area contributed by atoms with Gasteiger partial charge in [0.2, 0.25) is 5.91 Å². The van der Waals surface area contributed by atoms with E-state index in [9.17, 15) is 18.0 Å². The lowest BCUT2D eigenvalue weighted by Crippen LogP contribution is -2.38. The van der Waals surface area contributed by atoms with Crippen LogP contribution in [0, 0.1) is 0 Å². The van der Waals surface area contributed by atoms with Gasteiger partial charge in [0.25, 0.3) is 15.9 Å². The smallest absolute Gasteiger partial charge is 0.264 e. The van der Waals surface area contributed by atoms with Crippen molar-refractivity contribution in [1.29, 1.82) is 0 Å². The van der Waals surface area contributed by atoms with Crippen molar-refractivity contribution in [2.75, 3.05) is 36.4 Å². The number of rotatable bonds is 11. The topological polar surface area (TPSA) is 105 Å². The summed E-state index contributed by atoms with van der Waals surface area (Å²) in [6.07, 6.45) is 0.801. The second kappa shape index (κ2) is 12.1. The molecule has 0 saturated carbocycles. The first kappa shape index (κ1) is 25.9. The van der Waals surface area contributed by atoms with Gasteiger partial charge in [-0.3, -0.25) is 13.9 Å². The van der Waals surface area contributed by atoms with E-state index in [2.05, 4.69) is 10.6 Å². The number of sulfonamides is 1. The number of carbonyl (C=O) groups excluding carboxylic acids is 2. The minimum Gasteiger partial charge on any atom is -0.383 e. The maximum absolute atomic E-state index is 13.5. The third-order valence-electron chi connectivity index (χ3n) is 5.29. The van der Waals surface area contributed by atoms with Gasteiger partial charge in [-0.25, -0.2) is 8.42 Å². The molecule has 8 nitrogen and oxygen atoms in total. The Bertz CT molecular complexity index is 1250. The van der Waals surface area contributed by atoms with Crippen molar-refractivity contribution < 1.29 is 22.7 Å². The quantitative estimate of drug-likeness (QED) is 0.397. The molecule has 3 rings (SSSR count). The molecule has 0 bridgehead atoms. The minimum absolute atomic E-state index is 0.0743. The molecule has 0 aromatic heterocycles. The molecule has 0 heterocycles. The predicted octanol–water partition coefficient (Wildman–Crippen LogP) is 3.46. The van der Waals surface area contributed by atoms with Crippen LogP contribution in [-0.2, 0) is 26.0 Å². The zero-order valence-electron chi connectivity index (χ0n) is 19.7. The molecule has 0 aliphatic rings. The number of para-hydroxylation sites is 1. The highest BCUT2D eigenvalue weighted by atomic mass is 32.2. The number of amides is 2. The number of nitrogens with one attached hydrogen (secondary N) is 2. The molecule has 0 aliphatic heterocycles. The number of ether oxygens (including phenoxy) is 1. The summed E-state index contributed by atoms with van der Waals surface area (Å²) in [5.41, 5.74) is 1.96. The van der Waals surface area contributed by atoms with Gasteiger partial charge in [0, 0.05) is 13.7 Å². The number of hydrogen-bond acceptors (Lipinski definition) is 5. The second-order valence-corrected chi connectivity index (χ2v) is 9.55. The molecule has 0 saturated heterocycles. The lowest BCUT2D eigenvalue weighted by molar-refractivity contribution is -0.114. The Hall–Kier alpha value is -3.69. The van der Waals surface area contributed by atoms with Gasteiger partial charge in [-0.2, -0.15) is 0 Å². The van der Waals surface area contributed by atoms with Crippen molar-refractivity contribution in [2.45, 2.75) is 18.2 Å². The van der Waals surface area contributed by atoms with Crippen LogP contribution >= 0.6 is 0 Å². The first-order valence-electron chi connectivity index (χ1n) is 11.2. The Morgan fingerprint density at radius 1 is 0.914 bits per heavy atom. The molecular weight excluding hydrogens is 466 g/mol. The van der Waals surface area contributed by atoms with E-state index in [1.54, 1.807) is 54.6 Å². The van der Waals surface area contributed by atoms with Gasteiger partial charge in [-0.05, 0) is 48.4 Å². The van der Waals surface area contributed by atoms with Crippen LogP contribution in [0.1, 0.15) is 22.8 Å². The summed E-state index contributed by atoms with van der Waals surface area (Å²) in [7, 11) is -2.49. The number of hydrogen-bond donors (Lipinski definition) is 2. The molecule has 184 valence electrons. The molecule has 0 atom stereocenters. The molecule has 3 aromatic rings. The van der Waals surface area contributed by atoms with E-state index in [0.717, 1.165) is 16.3 Å². The van der Waals surface area contributed by atoms with E-state index in [0.29, 0.717) is 18.8 Å². The maximum Gasteiger partial charge on any atom is 0.264 e. The first-order chi connectivity index (χ1) is 16.9. The molecule has 0 aliphatic carbocycles. The van der Waals surface area contributed by atoms with E-state index in [1.807, 2.05) is 19.1 Å². The highest BCUT2D eigenvalue weighted by Crippen LogP contribution is 2.25. The van der Waals surface area contributed by atoms with Crippen LogP contribution in [0.2, 0.25) is 0 Å². The number of nitrogens with zero attached hydrogens (tertiary/aromatic N) is 1. The zero-order chi connectivity index (χ0) is 25.3. The first-order valence-corrected chi connectivity index (χ1v) is 12.6. The molecular formula is C26H29N3O5S. The Labute approximate surface area is 206 Å². The van der Waals surface area contributed by atoms with Gasteiger partial charge in [0.05, 0.1) is 28.4 Å². The number of aryl methyl sites for hydroxylation is 1. The lowest BCUT2D eigenvalue weighted by atomic mass is 10.1. The van der Waals surface area contributed by atoms with E-state index in [4.69, 9.17) is 4.74 Å². The summed E-state index contributed by atoms with van der Waals surface area (Å²) in [5.74, 6) is -0.955. The van der Waals surface area contributed by atoms with Crippen molar-refractivity contribution >= 4 is 33.2 Å². The number of benzene rings is 3. The highest BCUT2D eigenvalue weighted by molar-refractivity contribution is 7.92. The molecule has 35 heavy (non-hydrogen) atoms. The Balaban J connectivity index is 1.87. The standard InChI is InChI=1S/C26H29N3O5S/c1-3-20-13-15-21(16-14-20)29(35(32,33)22-9-5-4-6-10-22)19-25(30)28-24-12-8-7-11-23(24)26(31)27-17-18-34-2/h4-16H,3,17-19H2,1-2H3,(H,27,31)(H,28,30). The number of methoxy groups -OCH3 is 1. The van der Waals surface area contributed by atoms with Crippen LogP contribution in [-0.4, -0.2) is 47.0 Å². The molecule has 9 heteroatoms. The Morgan fingerprint density at radius 3 is 2.23 bits per heavy atom. The largest absolute Gasteiger partial charge is 0.383 e. The summed E-state index contributed by atoms with van der Waals surface area (Å²) in [6, 6.07) is 21.5. The van der Waals surface area contributed by atoms with Crippen LogP contribution in [0.15, 0.2) is 83.8 Å². The van der Waals surface area contributed by atoms with Gasteiger partial charge < -0.3 is 15.4 Å². The summed E-state index contributed by atoms with van der Waals surface area (Å²) >= 11 is 0. The van der Waals surface area contributed by atoms with Crippen LogP contribution < -0.4 is 14.9 Å². The van der Waals surface area contributed by atoms with Crippen molar-refractivity contribution in [3.63, 3.8) is 0 Å². The molecule has 3 aromatic carbocycles. The van der Waals surface area contributed by atoms with E-state index in [1.165, 1.54) is 19.2 Å². The fourth-order valence-electron chi connectivity index (χ4n) is 3.40. The third kappa shape index (κ3) is 6.68. The molecule has 0 unspecified atom stereocenters. The number of carbonyl (C=O) groups is 2. The van der Waals surface area contributed by atoms with Crippen LogP contribution in [0.5, 0.6) is 0 Å². The Morgan fingerprint density at radius 2 is 1.57 bits per heavy atom.